The summed E-state index contributed by atoms with van der Waals surface area (Å²) in [6.45, 7) is 2.34. The Kier molecular flexibility index (Phi) is 7.33. The van der Waals surface area contributed by atoms with Gasteiger partial charge in [-0.1, -0.05) is 23.7 Å². The summed E-state index contributed by atoms with van der Waals surface area (Å²) in [5, 5.41) is 13.5. The van der Waals surface area contributed by atoms with Crippen LogP contribution in [0.25, 0.3) is 5.76 Å². The van der Waals surface area contributed by atoms with Crippen molar-refractivity contribution in [3.63, 3.8) is 0 Å². The van der Waals surface area contributed by atoms with E-state index in [1.807, 2.05) is 24.4 Å². The first-order valence-electron chi connectivity index (χ1n) is 10.8. The first-order valence-corrected chi connectivity index (χ1v) is 12.1. The lowest BCUT2D eigenvalue weighted by Crippen LogP contribution is -2.28. The number of carbonyl (C=O) groups excluding carboxylic acids is 2. The van der Waals surface area contributed by atoms with E-state index >= 15 is 0 Å². The number of thiophene rings is 1. The Morgan fingerprint density at radius 1 is 1.06 bits per heavy atom. The highest BCUT2D eigenvalue weighted by atomic mass is 35.5. The van der Waals surface area contributed by atoms with E-state index in [0.717, 1.165) is 10.4 Å². The topological polar surface area (TPSA) is 85.3 Å². The molecule has 0 saturated carbocycles. The zero-order chi connectivity index (χ0) is 25.1. The number of hydrogen-bond acceptors (Lipinski definition) is 7. The van der Waals surface area contributed by atoms with E-state index in [1.165, 1.54) is 23.3 Å². The van der Waals surface area contributed by atoms with Gasteiger partial charge in [0.05, 0.1) is 37.5 Å². The molecule has 1 atom stereocenters. The van der Waals surface area contributed by atoms with Crippen LogP contribution in [0.15, 0.2) is 59.5 Å². The average molecular weight is 514 g/mol. The van der Waals surface area contributed by atoms with Crippen molar-refractivity contribution in [3.8, 4) is 17.2 Å². The van der Waals surface area contributed by atoms with Gasteiger partial charge >= 0.3 is 0 Å². The first kappa shape index (κ1) is 24.6. The Bertz CT molecular complexity index is 1290. The molecule has 1 unspecified atom stereocenters. The number of aliphatic hydroxyl groups excluding tert-OH is 1. The van der Waals surface area contributed by atoms with Crippen LogP contribution in [-0.4, -0.2) is 42.5 Å². The average Bonchev–Trinajstić information content (AvgIpc) is 3.48. The lowest BCUT2D eigenvalue weighted by atomic mass is 9.99. The van der Waals surface area contributed by atoms with Gasteiger partial charge in [0.15, 0.2) is 11.5 Å². The first-order chi connectivity index (χ1) is 16.9. The minimum absolute atomic E-state index is 0.0164. The maximum absolute atomic E-state index is 13.2. The zero-order valence-corrected chi connectivity index (χ0v) is 21.0. The standard InChI is InChI=1S/C26H24ClNO6S/c1-4-34-19-13-16(8-9-17(19)27)24(29)22-23(21-6-5-11-35-21)28(26(31)25(22)30)14-15-7-10-18(32-2)20(12-15)33-3/h5-13,23,29H,4,14H2,1-3H3/b24-22-. The molecule has 1 aliphatic rings. The smallest absolute Gasteiger partial charge is 0.295 e. The van der Waals surface area contributed by atoms with Crippen molar-refractivity contribution < 1.29 is 28.9 Å². The Balaban J connectivity index is 1.80. The molecule has 182 valence electrons. The normalized spacial score (nSPS) is 17.0. The van der Waals surface area contributed by atoms with Crippen molar-refractivity contribution in [3.05, 3.63) is 80.5 Å². The predicted molar refractivity (Wildman–Crippen MR) is 134 cm³/mol. The van der Waals surface area contributed by atoms with Crippen LogP contribution in [0, 0.1) is 0 Å². The number of rotatable bonds is 8. The van der Waals surface area contributed by atoms with Gasteiger partial charge in [0.25, 0.3) is 11.7 Å². The number of amides is 1. The number of hydrogen-bond donors (Lipinski definition) is 1. The van der Waals surface area contributed by atoms with Gasteiger partial charge in [0.1, 0.15) is 11.5 Å². The summed E-state index contributed by atoms with van der Waals surface area (Å²) in [7, 11) is 3.07. The highest BCUT2D eigenvalue weighted by molar-refractivity contribution is 7.10. The Morgan fingerprint density at radius 2 is 1.83 bits per heavy atom. The molecule has 2 heterocycles. The fourth-order valence-corrected chi connectivity index (χ4v) is 5.05. The molecule has 0 bridgehead atoms. The second kappa shape index (κ2) is 10.4. The van der Waals surface area contributed by atoms with Crippen LogP contribution < -0.4 is 14.2 Å². The summed E-state index contributed by atoms with van der Waals surface area (Å²) in [5.74, 6) is -0.285. The summed E-state index contributed by atoms with van der Waals surface area (Å²) < 4.78 is 16.2. The number of Topliss-reactive ketones (excluding diaryl/α,β-unsaturated/α-hetero) is 1. The molecule has 1 N–H and O–H groups in total. The van der Waals surface area contributed by atoms with E-state index in [1.54, 1.807) is 43.5 Å². The monoisotopic (exact) mass is 513 g/mol. The minimum Gasteiger partial charge on any atom is -0.507 e. The van der Waals surface area contributed by atoms with E-state index in [9.17, 15) is 14.7 Å². The number of nitrogens with zero attached hydrogens (tertiary/aromatic N) is 1. The predicted octanol–water partition coefficient (Wildman–Crippen LogP) is 5.44. The summed E-state index contributed by atoms with van der Waals surface area (Å²) in [4.78, 5) is 28.6. The van der Waals surface area contributed by atoms with Crippen molar-refractivity contribution >= 4 is 40.4 Å². The molecule has 1 aliphatic heterocycles. The SMILES string of the molecule is CCOc1cc(/C(O)=C2/C(=O)C(=O)N(Cc3ccc(OC)c(OC)c3)C2c2cccs2)ccc1Cl. The zero-order valence-electron chi connectivity index (χ0n) is 19.4. The van der Waals surface area contributed by atoms with Gasteiger partial charge in [-0.15, -0.1) is 11.3 Å². The number of likely N-dealkylation sites (tertiary alicyclic amines) is 1. The number of ketones is 1. The van der Waals surface area contributed by atoms with Gasteiger partial charge < -0.3 is 24.2 Å². The quantitative estimate of drug-likeness (QED) is 0.245. The lowest BCUT2D eigenvalue weighted by molar-refractivity contribution is -0.140. The molecule has 0 radical (unpaired) electrons. The largest absolute Gasteiger partial charge is 0.507 e. The third-order valence-electron chi connectivity index (χ3n) is 5.66. The van der Waals surface area contributed by atoms with Gasteiger partial charge in [-0.2, -0.15) is 0 Å². The summed E-state index contributed by atoms with van der Waals surface area (Å²) in [6, 6.07) is 13.0. The molecule has 2 aromatic carbocycles. The molecule has 1 aromatic heterocycles. The van der Waals surface area contributed by atoms with Crippen molar-refractivity contribution in [2.45, 2.75) is 19.5 Å². The van der Waals surface area contributed by atoms with E-state index < -0.39 is 17.7 Å². The molecule has 3 aromatic rings. The molecule has 9 heteroatoms. The van der Waals surface area contributed by atoms with Crippen molar-refractivity contribution in [2.24, 2.45) is 0 Å². The fourth-order valence-electron chi connectivity index (χ4n) is 4.03. The molecule has 1 saturated heterocycles. The third-order valence-corrected chi connectivity index (χ3v) is 6.89. The number of methoxy groups -OCH3 is 2. The van der Waals surface area contributed by atoms with Gasteiger partial charge in [-0.3, -0.25) is 9.59 Å². The number of ether oxygens (including phenoxy) is 3. The van der Waals surface area contributed by atoms with E-state index in [-0.39, 0.29) is 17.9 Å². The van der Waals surface area contributed by atoms with Gasteiger partial charge in [-0.05, 0) is 54.3 Å². The van der Waals surface area contributed by atoms with E-state index in [2.05, 4.69) is 0 Å². The summed E-state index contributed by atoms with van der Waals surface area (Å²) in [5.41, 5.74) is 1.10. The maximum atomic E-state index is 13.2. The van der Waals surface area contributed by atoms with Gasteiger partial charge in [0, 0.05) is 17.0 Å². The van der Waals surface area contributed by atoms with Gasteiger partial charge in [-0.25, -0.2) is 0 Å². The minimum atomic E-state index is -0.755. The summed E-state index contributed by atoms with van der Waals surface area (Å²) in [6.07, 6.45) is 0. The van der Waals surface area contributed by atoms with Crippen LogP contribution in [0.1, 0.15) is 29.0 Å². The molecular weight excluding hydrogens is 490 g/mol. The number of benzene rings is 2. The van der Waals surface area contributed by atoms with E-state index in [0.29, 0.717) is 34.4 Å². The molecule has 7 nitrogen and oxygen atoms in total. The van der Waals surface area contributed by atoms with Crippen molar-refractivity contribution in [1.29, 1.82) is 0 Å². The molecule has 0 aliphatic carbocycles. The van der Waals surface area contributed by atoms with Crippen LogP contribution >= 0.6 is 22.9 Å². The molecule has 1 fully saturated rings. The lowest BCUT2D eigenvalue weighted by Gasteiger charge is -2.24. The highest BCUT2D eigenvalue weighted by Crippen LogP contribution is 2.43. The van der Waals surface area contributed by atoms with E-state index in [4.69, 9.17) is 25.8 Å². The molecule has 35 heavy (non-hydrogen) atoms. The van der Waals surface area contributed by atoms with Crippen molar-refractivity contribution in [2.75, 3.05) is 20.8 Å². The fraction of sp³-hybridized carbons (Fsp3) is 0.231. The Hall–Kier alpha value is -3.49. The molecule has 1 amide bonds. The number of carbonyl (C=O) groups is 2. The third kappa shape index (κ3) is 4.72. The van der Waals surface area contributed by atoms with Crippen LogP contribution in [0.2, 0.25) is 5.02 Å². The summed E-state index contributed by atoms with van der Waals surface area (Å²) >= 11 is 7.59. The van der Waals surface area contributed by atoms with Crippen LogP contribution in [0.3, 0.4) is 0 Å². The second-order valence-corrected chi connectivity index (χ2v) is 9.10. The number of halogens is 1. The molecule has 0 spiro atoms. The van der Waals surface area contributed by atoms with Crippen LogP contribution in [0.5, 0.6) is 17.2 Å². The van der Waals surface area contributed by atoms with Gasteiger partial charge in [0.2, 0.25) is 0 Å². The number of aliphatic hydroxyl groups is 1. The van der Waals surface area contributed by atoms with Crippen molar-refractivity contribution in [1.82, 2.24) is 4.90 Å². The Labute approximate surface area is 212 Å². The highest BCUT2D eigenvalue weighted by Gasteiger charge is 2.46. The second-order valence-electron chi connectivity index (χ2n) is 7.71. The Morgan fingerprint density at radius 3 is 2.49 bits per heavy atom. The maximum Gasteiger partial charge on any atom is 0.295 e. The van der Waals surface area contributed by atoms with Crippen LogP contribution in [-0.2, 0) is 16.1 Å². The molecule has 4 rings (SSSR count). The molecular formula is C26H24ClNO6S. The van der Waals surface area contributed by atoms with Crippen LogP contribution in [0.4, 0.5) is 0 Å².